The molecule has 1 saturated carbocycles. The Morgan fingerprint density at radius 1 is 1.29 bits per heavy atom. The molecule has 0 aromatic carbocycles. The smallest absolute Gasteiger partial charge is 0.410 e. The third-order valence-electron chi connectivity index (χ3n) is 2.92. The molecule has 0 heterocycles. The summed E-state index contributed by atoms with van der Waals surface area (Å²) >= 11 is 0. The predicted octanol–water partition coefficient (Wildman–Crippen LogP) is 3.43. The Hall–Kier alpha value is -0.870. The monoisotopic (exact) mass is 249 g/mol. The fraction of sp³-hybridized carbons (Fsp3) is 0.917. The van der Waals surface area contributed by atoms with E-state index in [0.717, 1.165) is 0 Å². The summed E-state index contributed by atoms with van der Waals surface area (Å²) in [4.78, 5) is 13.2. The lowest BCUT2D eigenvalue weighted by Crippen LogP contribution is -2.44. The average Bonchev–Trinajstić information content (AvgIpc) is 2.14. The minimum atomic E-state index is -2.56. The van der Waals surface area contributed by atoms with Crippen LogP contribution in [0.5, 0.6) is 0 Å². The molecule has 0 aliphatic heterocycles. The van der Waals surface area contributed by atoms with Crippen LogP contribution in [0.15, 0.2) is 0 Å². The van der Waals surface area contributed by atoms with E-state index in [1.165, 1.54) is 4.90 Å². The Morgan fingerprint density at radius 3 is 2.18 bits per heavy atom. The normalized spacial score (nSPS) is 21.1. The third kappa shape index (κ3) is 4.48. The molecule has 1 aliphatic carbocycles. The third-order valence-corrected chi connectivity index (χ3v) is 2.92. The predicted molar refractivity (Wildman–Crippen MR) is 61.2 cm³/mol. The Labute approximate surface area is 101 Å². The van der Waals surface area contributed by atoms with Crippen LogP contribution in [0, 0.1) is 0 Å². The van der Waals surface area contributed by atoms with E-state index < -0.39 is 17.6 Å². The van der Waals surface area contributed by atoms with Crippen LogP contribution < -0.4 is 0 Å². The largest absolute Gasteiger partial charge is 0.444 e. The fourth-order valence-electron chi connectivity index (χ4n) is 1.90. The van der Waals surface area contributed by atoms with E-state index >= 15 is 0 Å². The average molecular weight is 249 g/mol. The lowest BCUT2D eigenvalue weighted by Gasteiger charge is -2.35. The summed E-state index contributed by atoms with van der Waals surface area (Å²) in [5.74, 6) is -2.56. The maximum absolute atomic E-state index is 13.0. The van der Waals surface area contributed by atoms with Crippen LogP contribution in [0.4, 0.5) is 13.6 Å². The molecular weight excluding hydrogens is 228 g/mol. The highest BCUT2D eigenvalue weighted by Gasteiger charge is 2.37. The molecule has 0 radical (unpaired) electrons. The summed E-state index contributed by atoms with van der Waals surface area (Å²) < 4.78 is 31.2. The highest BCUT2D eigenvalue weighted by Crippen LogP contribution is 2.34. The molecule has 0 unspecified atom stereocenters. The van der Waals surface area contributed by atoms with Gasteiger partial charge in [0.15, 0.2) is 0 Å². The van der Waals surface area contributed by atoms with E-state index in [-0.39, 0.29) is 18.9 Å². The SMILES string of the molecule is CN(C(=O)OC(C)(C)C)C1CCC(F)(F)CC1. The molecule has 1 fully saturated rings. The van der Waals surface area contributed by atoms with Gasteiger partial charge in [0.25, 0.3) is 0 Å². The first-order chi connectivity index (χ1) is 7.61. The molecule has 3 nitrogen and oxygen atoms in total. The van der Waals surface area contributed by atoms with Gasteiger partial charge in [0.05, 0.1) is 0 Å². The number of amides is 1. The van der Waals surface area contributed by atoms with Crippen molar-refractivity contribution in [2.45, 2.75) is 64.0 Å². The number of rotatable bonds is 1. The van der Waals surface area contributed by atoms with Gasteiger partial charge in [-0.15, -0.1) is 0 Å². The molecule has 0 N–H and O–H groups in total. The molecule has 5 heteroatoms. The van der Waals surface area contributed by atoms with Gasteiger partial charge in [0.2, 0.25) is 5.92 Å². The molecule has 0 bridgehead atoms. The first-order valence-electron chi connectivity index (χ1n) is 5.94. The van der Waals surface area contributed by atoms with Gasteiger partial charge in [-0.3, -0.25) is 0 Å². The van der Waals surface area contributed by atoms with E-state index in [1.54, 1.807) is 27.8 Å². The van der Waals surface area contributed by atoms with Gasteiger partial charge in [0.1, 0.15) is 5.60 Å². The second-order valence-corrected chi connectivity index (χ2v) is 5.68. The van der Waals surface area contributed by atoms with Crippen molar-refractivity contribution in [1.29, 1.82) is 0 Å². The number of halogens is 2. The van der Waals surface area contributed by atoms with Crippen LogP contribution in [0.25, 0.3) is 0 Å². The highest BCUT2D eigenvalue weighted by atomic mass is 19.3. The Bertz CT molecular complexity index is 277. The number of hydrogen-bond donors (Lipinski definition) is 0. The lowest BCUT2D eigenvalue weighted by atomic mass is 9.91. The summed E-state index contributed by atoms with van der Waals surface area (Å²) in [5, 5.41) is 0. The van der Waals surface area contributed by atoms with Crippen molar-refractivity contribution in [3.8, 4) is 0 Å². The quantitative estimate of drug-likeness (QED) is 0.712. The van der Waals surface area contributed by atoms with Crippen LogP contribution >= 0.6 is 0 Å². The molecule has 17 heavy (non-hydrogen) atoms. The van der Waals surface area contributed by atoms with Crippen LogP contribution in [0.2, 0.25) is 0 Å². The number of nitrogens with zero attached hydrogens (tertiary/aromatic N) is 1. The minimum Gasteiger partial charge on any atom is -0.444 e. The van der Waals surface area contributed by atoms with E-state index in [1.807, 2.05) is 0 Å². The summed E-state index contributed by atoms with van der Waals surface area (Å²) in [5.41, 5.74) is -0.552. The van der Waals surface area contributed by atoms with E-state index in [9.17, 15) is 13.6 Å². The first-order valence-corrected chi connectivity index (χ1v) is 5.94. The van der Waals surface area contributed by atoms with Crippen molar-refractivity contribution in [3.63, 3.8) is 0 Å². The molecule has 1 rings (SSSR count). The molecular formula is C12H21F2NO2. The zero-order valence-electron chi connectivity index (χ0n) is 10.9. The lowest BCUT2D eigenvalue weighted by molar-refractivity contribution is -0.0541. The molecule has 0 spiro atoms. The molecule has 1 amide bonds. The van der Waals surface area contributed by atoms with Gasteiger partial charge in [-0.05, 0) is 33.6 Å². The van der Waals surface area contributed by atoms with Gasteiger partial charge >= 0.3 is 6.09 Å². The van der Waals surface area contributed by atoms with Crippen molar-refractivity contribution in [1.82, 2.24) is 4.90 Å². The Morgan fingerprint density at radius 2 is 1.76 bits per heavy atom. The zero-order chi connectivity index (χ0) is 13.3. The van der Waals surface area contributed by atoms with Crippen LogP contribution in [0.1, 0.15) is 46.5 Å². The first kappa shape index (κ1) is 14.2. The summed E-state index contributed by atoms with van der Waals surface area (Å²) in [6.07, 6.45) is -0.0612. The van der Waals surface area contributed by atoms with Gasteiger partial charge in [0, 0.05) is 25.9 Å². The summed E-state index contributed by atoms with van der Waals surface area (Å²) in [6.45, 7) is 5.36. The summed E-state index contributed by atoms with van der Waals surface area (Å²) in [6, 6.07) is -0.135. The van der Waals surface area contributed by atoms with Gasteiger partial charge < -0.3 is 9.64 Å². The standard InChI is InChI=1S/C12H21F2NO2/c1-11(2,3)17-10(16)15(4)9-5-7-12(13,14)8-6-9/h9H,5-8H2,1-4H3. The van der Waals surface area contributed by atoms with E-state index in [2.05, 4.69) is 0 Å². The molecule has 0 aromatic heterocycles. The van der Waals surface area contributed by atoms with Crippen LogP contribution in [0.3, 0.4) is 0 Å². The van der Waals surface area contributed by atoms with Gasteiger partial charge in [-0.1, -0.05) is 0 Å². The topological polar surface area (TPSA) is 29.5 Å². The summed E-state index contributed by atoms with van der Waals surface area (Å²) in [7, 11) is 1.61. The zero-order valence-corrected chi connectivity index (χ0v) is 10.9. The second kappa shape index (κ2) is 4.78. The van der Waals surface area contributed by atoms with E-state index in [0.29, 0.717) is 12.8 Å². The highest BCUT2D eigenvalue weighted by molar-refractivity contribution is 5.68. The van der Waals surface area contributed by atoms with Crippen molar-refractivity contribution < 1.29 is 18.3 Å². The molecule has 0 aromatic rings. The number of alkyl halides is 2. The molecule has 100 valence electrons. The van der Waals surface area contributed by atoms with Crippen molar-refractivity contribution in [3.05, 3.63) is 0 Å². The van der Waals surface area contributed by atoms with E-state index in [4.69, 9.17) is 4.74 Å². The Balaban J connectivity index is 2.49. The van der Waals surface area contributed by atoms with Crippen LogP contribution in [-0.2, 0) is 4.74 Å². The minimum absolute atomic E-state index is 0.135. The molecule has 0 saturated heterocycles. The van der Waals surface area contributed by atoms with Crippen molar-refractivity contribution in [2.75, 3.05) is 7.05 Å². The number of carbonyl (C=O) groups is 1. The van der Waals surface area contributed by atoms with Crippen LogP contribution in [-0.4, -0.2) is 35.6 Å². The van der Waals surface area contributed by atoms with Crippen molar-refractivity contribution in [2.24, 2.45) is 0 Å². The fourth-order valence-corrected chi connectivity index (χ4v) is 1.90. The number of hydrogen-bond acceptors (Lipinski definition) is 2. The van der Waals surface area contributed by atoms with Gasteiger partial charge in [-0.25, -0.2) is 13.6 Å². The number of ether oxygens (including phenoxy) is 1. The van der Waals surface area contributed by atoms with Gasteiger partial charge in [-0.2, -0.15) is 0 Å². The van der Waals surface area contributed by atoms with Crippen molar-refractivity contribution >= 4 is 6.09 Å². The Kier molecular flexibility index (Phi) is 3.99. The molecule has 0 atom stereocenters. The molecule has 1 aliphatic rings. The second-order valence-electron chi connectivity index (χ2n) is 5.68. The maximum atomic E-state index is 13.0. The number of carbonyl (C=O) groups excluding carboxylic acids is 1. The maximum Gasteiger partial charge on any atom is 0.410 e.